The van der Waals surface area contributed by atoms with Crippen molar-refractivity contribution in [3.63, 3.8) is 0 Å². The Morgan fingerprint density at radius 2 is 1.74 bits per heavy atom. The minimum atomic E-state index is -0.189. The third kappa shape index (κ3) is 2.40. The molecule has 0 aliphatic rings. The van der Waals surface area contributed by atoms with Crippen molar-refractivity contribution in [1.29, 1.82) is 0 Å². The maximum atomic E-state index is 13.4. The summed E-state index contributed by atoms with van der Waals surface area (Å²) in [5.74, 6) is -0.189. The molecule has 3 heteroatoms. The smallest absolute Gasteiger partial charge is 0.123 e. The molecule has 120 valence electrons. The number of hydrogen-bond donors (Lipinski definition) is 2. The highest BCUT2D eigenvalue weighted by Gasteiger charge is 2.33. The second kappa shape index (κ2) is 6.07. The van der Waals surface area contributed by atoms with Gasteiger partial charge < -0.3 is 10.3 Å². The van der Waals surface area contributed by atoms with Gasteiger partial charge in [-0.1, -0.05) is 38.1 Å². The first kappa shape index (κ1) is 15.6. The molecule has 23 heavy (non-hydrogen) atoms. The average molecular weight is 310 g/mol. The Hall–Kier alpha value is -2.29. The minimum absolute atomic E-state index is 0.113. The Bertz CT molecular complexity index is 798. The molecule has 0 bridgehead atoms. The monoisotopic (exact) mass is 310 g/mol. The molecule has 0 spiro atoms. The number of aromatic amines is 1. The van der Waals surface area contributed by atoms with E-state index < -0.39 is 0 Å². The summed E-state index contributed by atoms with van der Waals surface area (Å²) in [5, 5.41) is 4.46. The Morgan fingerprint density at radius 3 is 2.35 bits per heavy atom. The topological polar surface area (TPSA) is 27.8 Å². The minimum Gasteiger partial charge on any atom is -0.386 e. The van der Waals surface area contributed by atoms with Gasteiger partial charge in [0.1, 0.15) is 5.82 Å². The van der Waals surface area contributed by atoms with Crippen LogP contribution < -0.4 is 5.32 Å². The fraction of sp³-hybridized carbons (Fsp3) is 0.300. The van der Waals surface area contributed by atoms with E-state index in [0.29, 0.717) is 0 Å². The first-order valence-electron chi connectivity index (χ1n) is 8.20. The van der Waals surface area contributed by atoms with Gasteiger partial charge in [-0.15, -0.1) is 0 Å². The Kier molecular flexibility index (Phi) is 4.12. The number of anilines is 1. The number of halogens is 1. The van der Waals surface area contributed by atoms with Crippen LogP contribution in [0.1, 0.15) is 37.8 Å². The average Bonchev–Trinajstić information content (AvgIpc) is 3.03. The van der Waals surface area contributed by atoms with Crippen LogP contribution in [0.15, 0.2) is 48.7 Å². The lowest BCUT2D eigenvalue weighted by atomic mass is 9.70. The zero-order valence-corrected chi connectivity index (χ0v) is 13.9. The molecule has 2 nitrogen and oxygen atoms in total. The van der Waals surface area contributed by atoms with Gasteiger partial charge in [0.25, 0.3) is 0 Å². The molecule has 2 N–H and O–H groups in total. The van der Waals surface area contributed by atoms with Crippen molar-refractivity contribution in [3.8, 4) is 0 Å². The van der Waals surface area contributed by atoms with E-state index in [-0.39, 0.29) is 11.2 Å². The van der Waals surface area contributed by atoms with E-state index in [1.54, 1.807) is 12.1 Å². The molecule has 1 aromatic heterocycles. The van der Waals surface area contributed by atoms with Gasteiger partial charge in [0.2, 0.25) is 0 Å². The molecule has 0 fully saturated rings. The van der Waals surface area contributed by atoms with Crippen molar-refractivity contribution in [2.24, 2.45) is 0 Å². The molecule has 3 aromatic rings. The lowest BCUT2D eigenvalue weighted by Crippen LogP contribution is -2.25. The lowest BCUT2D eigenvalue weighted by molar-refractivity contribution is 0.481. The summed E-state index contributed by atoms with van der Waals surface area (Å²) in [5.41, 5.74) is 4.55. The van der Waals surface area contributed by atoms with E-state index in [4.69, 9.17) is 0 Å². The van der Waals surface area contributed by atoms with Crippen LogP contribution in [0.2, 0.25) is 0 Å². The number of fused-ring (bicyclic) bond motifs is 1. The summed E-state index contributed by atoms with van der Waals surface area (Å²) < 4.78 is 13.4. The van der Waals surface area contributed by atoms with Gasteiger partial charge in [-0.3, -0.25) is 0 Å². The van der Waals surface area contributed by atoms with Crippen LogP contribution >= 0.6 is 0 Å². The number of nitrogens with one attached hydrogen (secondary N) is 2. The van der Waals surface area contributed by atoms with Crippen molar-refractivity contribution in [2.75, 3.05) is 12.4 Å². The van der Waals surface area contributed by atoms with E-state index in [0.717, 1.165) is 24.0 Å². The Morgan fingerprint density at radius 1 is 1.04 bits per heavy atom. The molecular formula is C20H23FN2. The predicted octanol–water partition coefficient (Wildman–Crippen LogP) is 5.45. The van der Waals surface area contributed by atoms with Crippen molar-refractivity contribution in [1.82, 2.24) is 4.98 Å². The molecule has 1 heterocycles. The molecule has 0 atom stereocenters. The molecule has 0 saturated heterocycles. The quantitative estimate of drug-likeness (QED) is 0.644. The van der Waals surface area contributed by atoms with Crippen LogP contribution in [0, 0.1) is 5.82 Å². The fourth-order valence-electron chi connectivity index (χ4n) is 3.72. The highest BCUT2D eigenvalue weighted by atomic mass is 19.1. The molecule has 0 saturated carbocycles. The third-order valence-electron chi connectivity index (χ3n) is 5.10. The SMILES string of the molecule is CCC(CC)(c1ccc(F)cc1)c1c[nH]c2c(NC)cccc12. The van der Waals surface area contributed by atoms with Crippen molar-refractivity contribution >= 4 is 16.6 Å². The van der Waals surface area contributed by atoms with Crippen LogP contribution in [-0.4, -0.2) is 12.0 Å². The maximum Gasteiger partial charge on any atom is 0.123 e. The molecule has 0 radical (unpaired) electrons. The molecule has 0 aliphatic heterocycles. The van der Waals surface area contributed by atoms with E-state index in [2.05, 4.69) is 48.5 Å². The lowest BCUT2D eigenvalue weighted by Gasteiger charge is -2.32. The number of rotatable bonds is 5. The zero-order valence-electron chi connectivity index (χ0n) is 13.9. The fourth-order valence-corrected chi connectivity index (χ4v) is 3.72. The number of para-hydroxylation sites is 1. The van der Waals surface area contributed by atoms with Crippen molar-refractivity contribution < 1.29 is 4.39 Å². The van der Waals surface area contributed by atoms with E-state index >= 15 is 0 Å². The van der Waals surface area contributed by atoms with E-state index in [9.17, 15) is 4.39 Å². The van der Waals surface area contributed by atoms with Crippen LogP contribution in [0.4, 0.5) is 10.1 Å². The number of H-pyrrole nitrogens is 1. The molecule has 2 aromatic carbocycles. The highest BCUT2D eigenvalue weighted by Crippen LogP contribution is 2.43. The summed E-state index contributed by atoms with van der Waals surface area (Å²) >= 11 is 0. The molecule has 0 amide bonds. The largest absolute Gasteiger partial charge is 0.386 e. The van der Waals surface area contributed by atoms with Crippen molar-refractivity contribution in [3.05, 3.63) is 65.6 Å². The summed E-state index contributed by atoms with van der Waals surface area (Å²) in [4.78, 5) is 3.43. The van der Waals surface area contributed by atoms with Crippen LogP contribution in [0.25, 0.3) is 10.9 Å². The number of aromatic nitrogens is 1. The normalized spacial score (nSPS) is 11.8. The molecule has 0 unspecified atom stereocenters. The van der Waals surface area contributed by atoms with Crippen LogP contribution in [0.3, 0.4) is 0 Å². The van der Waals surface area contributed by atoms with Gasteiger partial charge in [0.15, 0.2) is 0 Å². The molecular weight excluding hydrogens is 287 g/mol. The standard InChI is InChI=1S/C20H23FN2/c1-4-20(5-2,14-9-11-15(21)12-10-14)17-13-23-19-16(17)7-6-8-18(19)22-3/h6-13,22-23H,4-5H2,1-3H3. The first-order chi connectivity index (χ1) is 11.2. The van der Waals surface area contributed by atoms with E-state index in [1.807, 2.05) is 19.2 Å². The predicted molar refractivity (Wildman–Crippen MR) is 95.6 cm³/mol. The van der Waals surface area contributed by atoms with E-state index in [1.165, 1.54) is 16.5 Å². The van der Waals surface area contributed by atoms with Gasteiger partial charge in [0, 0.05) is 24.0 Å². The number of hydrogen-bond acceptors (Lipinski definition) is 1. The van der Waals surface area contributed by atoms with Crippen LogP contribution in [0.5, 0.6) is 0 Å². The first-order valence-corrected chi connectivity index (χ1v) is 8.20. The van der Waals surface area contributed by atoms with Crippen LogP contribution in [-0.2, 0) is 5.41 Å². The van der Waals surface area contributed by atoms with Gasteiger partial charge in [-0.25, -0.2) is 4.39 Å². The molecule has 3 rings (SSSR count). The Balaban J connectivity index is 2.25. The third-order valence-corrected chi connectivity index (χ3v) is 5.10. The zero-order chi connectivity index (χ0) is 16.4. The maximum absolute atomic E-state index is 13.4. The Labute approximate surface area is 136 Å². The number of benzene rings is 2. The van der Waals surface area contributed by atoms with Crippen molar-refractivity contribution in [2.45, 2.75) is 32.1 Å². The summed E-state index contributed by atoms with van der Waals surface area (Å²) in [6.45, 7) is 4.40. The van der Waals surface area contributed by atoms with Gasteiger partial charge in [0.05, 0.1) is 11.2 Å². The van der Waals surface area contributed by atoms with Gasteiger partial charge in [-0.2, -0.15) is 0 Å². The van der Waals surface area contributed by atoms with Gasteiger partial charge >= 0.3 is 0 Å². The molecule has 0 aliphatic carbocycles. The summed E-state index contributed by atoms with van der Waals surface area (Å²) in [6.07, 6.45) is 4.04. The summed E-state index contributed by atoms with van der Waals surface area (Å²) in [7, 11) is 1.93. The second-order valence-corrected chi connectivity index (χ2v) is 5.98. The second-order valence-electron chi connectivity index (χ2n) is 5.98. The highest BCUT2D eigenvalue weighted by molar-refractivity contribution is 5.94. The van der Waals surface area contributed by atoms with Gasteiger partial charge in [-0.05, 0) is 42.2 Å². The summed E-state index contributed by atoms with van der Waals surface area (Å²) in [6, 6.07) is 13.3.